The summed E-state index contributed by atoms with van der Waals surface area (Å²) in [7, 11) is 1.25. The highest BCUT2D eigenvalue weighted by atomic mass is 16.7. The molecule has 15 heteroatoms. The highest BCUT2D eigenvalue weighted by Crippen LogP contribution is 2.35. The Morgan fingerprint density at radius 1 is 0.449 bits per heavy atom. The van der Waals surface area contributed by atoms with E-state index < -0.39 is 85.7 Å². The molecule has 2 amide bonds. The van der Waals surface area contributed by atoms with E-state index in [2.05, 4.69) is 10.6 Å². The highest BCUT2D eigenvalue weighted by molar-refractivity contribution is 5.74. The maximum Gasteiger partial charge on any atom is 0.331 e. The molecule has 7 rings (SSSR count). The molecule has 366 valence electrons. The van der Waals surface area contributed by atoms with Gasteiger partial charge in [-0.1, -0.05) is 152 Å². The zero-order valence-corrected chi connectivity index (χ0v) is 39.2. The van der Waals surface area contributed by atoms with Gasteiger partial charge in [0, 0.05) is 13.8 Å². The number of rotatable bonds is 24. The van der Waals surface area contributed by atoms with Crippen molar-refractivity contribution < 1.29 is 61.8 Å². The second kappa shape index (κ2) is 26.8. The molecule has 2 aliphatic rings. The molecule has 0 aliphatic carbocycles. The number of esters is 1. The summed E-state index contributed by atoms with van der Waals surface area (Å²) in [5.41, 5.74) is 4.51. The topological polar surface area (TPSA) is 168 Å². The van der Waals surface area contributed by atoms with E-state index in [4.69, 9.17) is 47.4 Å². The van der Waals surface area contributed by atoms with Gasteiger partial charge in [-0.05, 0) is 27.8 Å². The van der Waals surface area contributed by atoms with Crippen LogP contribution >= 0.6 is 0 Å². The lowest BCUT2D eigenvalue weighted by Crippen LogP contribution is -2.70. The molecule has 69 heavy (non-hydrogen) atoms. The average Bonchev–Trinajstić information content (AvgIpc) is 3.37. The molecule has 15 nitrogen and oxygen atoms in total. The van der Waals surface area contributed by atoms with Crippen molar-refractivity contribution in [3.05, 3.63) is 179 Å². The third-order valence-corrected chi connectivity index (χ3v) is 11.6. The molecule has 2 saturated heterocycles. The number of amides is 2. The number of carbonyl (C=O) groups is 3. The number of carbonyl (C=O) groups excluding carboxylic acids is 3. The summed E-state index contributed by atoms with van der Waals surface area (Å²) in [6, 6.07) is 46.2. The van der Waals surface area contributed by atoms with E-state index >= 15 is 0 Å². The largest absolute Gasteiger partial charge is 0.467 e. The Bertz CT molecular complexity index is 2280. The van der Waals surface area contributed by atoms with E-state index in [-0.39, 0.29) is 46.2 Å². The van der Waals surface area contributed by atoms with E-state index in [0.717, 1.165) is 27.8 Å². The number of nitrogens with one attached hydrogen (secondary N) is 2. The first-order chi connectivity index (χ1) is 33.7. The molecule has 5 aromatic carbocycles. The molecule has 0 aromatic heterocycles. The second-order valence-electron chi connectivity index (χ2n) is 16.8. The van der Waals surface area contributed by atoms with Gasteiger partial charge in [-0.3, -0.25) is 9.59 Å². The third kappa shape index (κ3) is 15.6. The van der Waals surface area contributed by atoms with Crippen LogP contribution < -0.4 is 10.6 Å². The minimum atomic E-state index is -1.30. The maximum atomic E-state index is 13.4. The molecular formula is C54H62N2O13. The number of methoxy groups -OCH3 is 1. The summed E-state index contributed by atoms with van der Waals surface area (Å²) >= 11 is 0. The molecule has 0 bridgehead atoms. The summed E-state index contributed by atoms with van der Waals surface area (Å²) in [6.07, 6.45) is -8.28. The summed E-state index contributed by atoms with van der Waals surface area (Å²) in [5, 5.41) is 6.02. The Balaban J connectivity index is 1.28. The molecule has 0 unspecified atom stereocenters. The van der Waals surface area contributed by atoms with Gasteiger partial charge in [-0.15, -0.1) is 0 Å². The quantitative estimate of drug-likeness (QED) is 0.0672. The van der Waals surface area contributed by atoms with Crippen molar-refractivity contribution in [1.82, 2.24) is 10.6 Å². The van der Waals surface area contributed by atoms with Gasteiger partial charge < -0.3 is 58.0 Å². The smallest absolute Gasteiger partial charge is 0.331 e. The number of ether oxygens (including phenoxy) is 10. The third-order valence-electron chi connectivity index (χ3n) is 11.6. The van der Waals surface area contributed by atoms with Crippen molar-refractivity contribution in [2.75, 3.05) is 26.9 Å². The molecule has 2 N–H and O–H groups in total. The van der Waals surface area contributed by atoms with E-state index in [1.807, 2.05) is 152 Å². The molecule has 2 aliphatic heterocycles. The van der Waals surface area contributed by atoms with Gasteiger partial charge in [0.15, 0.2) is 12.6 Å². The predicted molar refractivity (Wildman–Crippen MR) is 253 cm³/mol. The van der Waals surface area contributed by atoms with E-state index in [9.17, 15) is 14.4 Å². The van der Waals surface area contributed by atoms with Crippen LogP contribution in [0.1, 0.15) is 41.7 Å². The summed E-state index contributed by atoms with van der Waals surface area (Å²) in [6.45, 7) is 3.15. The van der Waals surface area contributed by atoms with Gasteiger partial charge in [0.05, 0.1) is 53.4 Å². The number of hydrogen-bond donors (Lipinski definition) is 2. The zero-order valence-electron chi connectivity index (χ0n) is 39.2. The van der Waals surface area contributed by atoms with Crippen LogP contribution in [0, 0.1) is 0 Å². The van der Waals surface area contributed by atoms with Crippen molar-refractivity contribution in [2.24, 2.45) is 0 Å². The zero-order chi connectivity index (χ0) is 48.2. The fourth-order valence-electron chi connectivity index (χ4n) is 8.27. The Hall–Kier alpha value is -5.85. The Morgan fingerprint density at radius 2 is 0.812 bits per heavy atom. The molecule has 0 radical (unpaired) electrons. The van der Waals surface area contributed by atoms with Crippen LogP contribution in [-0.4, -0.2) is 106 Å². The van der Waals surface area contributed by atoms with Crippen LogP contribution in [0.5, 0.6) is 0 Å². The average molecular weight is 947 g/mol. The monoisotopic (exact) mass is 946 g/mol. The van der Waals surface area contributed by atoms with Gasteiger partial charge in [0.25, 0.3) is 0 Å². The van der Waals surface area contributed by atoms with Gasteiger partial charge >= 0.3 is 5.97 Å². The number of benzene rings is 5. The van der Waals surface area contributed by atoms with E-state index in [0.29, 0.717) is 0 Å². The fourth-order valence-corrected chi connectivity index (χ4v) is 8.27. The van der Waals surface area contributed by atoms with Crippen molar-refractivity contribution in [3.8, 4) is 0 Å². The van der Waals surface area contributed by atoms with E-state index in [1.54, 1.807) is 0 Å². The van der Waals surface area contributed by atoms with Gasteiger partial charge in [-0.2, -0.15) is 0 Å². The normalized spacial score (nSPS) is 24.5. The Kier molecular flexibility index (Phi) is 19.8. The second-order valence-corrected chi connectivity index (χ2v) is 16.8. The molecule has 0 spiro atoms. The van der Waals surface area contributed by atoms with Crippen LogP contribution in [0.3, 0.4) is 0 Å². The van der Waals surface area contributed by atoms with Crippen molar-refractivity contribution in [3.63, 3.8) is 0 Å². The van der Waals surface area contributed by atoms with Crippen LogP contribution in [0.2, 0.25) is 0 Å². The standard InChI is InChI=1S/C54H62N2O13/c1-37(57)55-47-52(65-36-46(59)60-3)50(45(35-62-30-40-21-11-5-12-22-40)67-53(47)66-33-43-27-17-8-18-28-43)69-54-48(56-38(2)58)51(64-32-42-25-15-7-16-26-42)49(63-31-41-23-13-6-14-24-41)44(68-54)34-61-29-39-19-9-4-10-20-39/h4-28,44-45,47-54H,29-36H2,1-3H3,(H,55,57)(H,56,58)/t44-,45-,47-,48-,49-,50-,51-,52-,53+,54+/m1/s1. The minimum Gasteiger partial charge on any atom is -0.467 e. The Labute approximate surface area is 403 Å². The SMILES string of the molecule is COC(=O)CO[C@@H]1[C@@H](NC(C)=O)[C@@H](OCc2ccccc2)O[C@H](COCc2ccccc2)[C@H]1O[C@@H]1O[C@H](COCc2ccccc2)[C@@H](OCc2ccccc2)[C@H](OCc2ccccc2)[C@H]1NC(C)=O. The summed E-state index contributed by atoms with van der Waals surface area (Å²) < 4.78 is 65.1. The van der Waals surface area contributed by atoms with Crippen molar-refractivity contribution in [2.45, 2.75) is 108 Å². The summed E-state index contributed by atoms with van der Waals surface area (Å²) in [4.78, 5) is 39.3. The fraction of sp³-hybridized carbons (Fsp3) is 0.389. The molecule has 2 heterocycles. The van der Waals surface area contributed by atoms with E-state index in [1.165, 1.54) is 21.0 Å². The lowest BCUT2D eigenvalue weighted by atomic mass is 9.93. The summed E-state index contributed by atoms with van der Waals surface area (Å²) in [5.74, 6) is -1.49. The number of hydrogen-bond acceptors (Lipinski definition) is 13. The lowest BCUT2D eigenvalue weighted by Gasteiger charge is -2.50. The molecular weight excluding hydrogens is 885 g/mol. The van der Waals surface area contributed by atoms with Gasteiger partial charge in [0.1, 0.15) is 55.3 Å². The van der Waals surface area contributed by atoms with Crippen LogP contribution in [0.4, 0.5) is 0 Å². The van der Waals surface area contributed by atoms with Crippen LogP contribution in [0.25, 0.3) is 0 Å². The van der Waals surface area contributed by atoms with Gasteiger partial charge in [-0.25, -0.2) is 4.79 Å². The highest BCUT2D eigenvalue weighted by Gasteiger charge is 2.54. The van der Waals surface area contributed by atoms with Crippen LogP contribution in [-0.2, 0) is 94.8 Å². The molecule has 0 saturated carbocycles. The Morgan fingerprint density at radius 3 is 1.25 bits per heavy atom. The molecule has 2 fully saturated rings. The molecule has 5 aromatic rings. The van der Waals surface area contributed by atoms with Gasteiger partial charge in [0.2, 0.25) is 11.8 Å². The van der Waals surface area contributed by atoms with Crippen molar-refractivity contribution in [1.29, 1.82) is 0 Å². The first kappa shape index (κ1) is 51.0. The first-order valence-corrected chi connectivity index (χ1v) is 23.1. The lowest BCUT2D eigenvalue weighted by molar-refractivity contribution is -0.344. The van der Waals surface area contributed by atoms with Crippen molar-refractivity contribution >= 4 is 17.8 Å². The van der Waals surface area contributed by atoms with Crippen LogP contribution in [0.15, 0.2) is 152 Å². The first-order valence-electron chi connectivity index (χ1n) is 23.1. The molecule has 10 atom stereocenters. The minimum absolute atomic E-state index is 0.0309. The maximum absolute atomic E-state index is 13.4. The predicted octanol–water partition coefficient (Wildman–Crippen LogP) is 6.21.